The summed E-state index contributed by atoms with van der Waals surface area (Å²) in [5, 5.41) is 1.54. The number of hydrogen-bond acceptors (Lipinski definition) is 6. The number of Topliss-reactive ketones (excluding diaryl/α,β-unsaturated/α-hetero) is 1. The lowest BCUT2D eigenvalue weighted by Crippen LogP contribution is -2.11. The highest BCUT2D eigenvalue weighted by Gasteiger charge is 2.18. The fourth-order valence-electron chi connectivity index (χ4n) is 2.72. The monoisotopic (exact) mass is 464 g/mol. The van der Waals surface area contributed by atoms with Crippen molar-refractivity contribution in [2.45, 2.75) is 11.6 Å². The summed E-state index contributed by atoms with van der Waals surface area (Å²) in [5.41, 5.74) is 2.08. The minimum atomic E-state index is -0.567. The lowest BCUT2D eigenvalue weighted by atomic mass is 10.2. The smallest absolute Gasteiger partial charge is 0.313 e. The van der Waals surface area contributed by atoms with E-state index >= 15 is 0 Å². The van der Waals surface area contributed by atoms with Gasteiger partial charge < -0.3 is 9.47 Å². The van der Waals surface area contributed by atoms with E-state index in [1.807, 2.05) is 35.0 Å². The molecule has 0 spiro atoms. The number of ether oxygens (including phenoxy) is 2. The van der Waals surface area contributed by atoms with Crippen molar-refractivity contribution in [1.29, 1.82) is 0 Å². The first-order valence-corrected chi connectivity index (χ1v) is 10.6. The molecule has 0 aliphatic heterocycles. The number of carbonyl (C=O) groups excluding carboxylic acids is 2. The summed E-state index contributed by atoms with van der Waals surface area (Å²) >= 11 is 13.6. The van der Waals surface area contributed by atoms with Gasteiger partial charge in [0.15, 0.2) is 10.9 Å². The van der Waals surface area contributed by atoms with Crippen molar-refractivity contribution in [3.63, 3.8) is 0 Å². The summed E-state index contributed by atoms with van der Waals surface area (Å²) in [4.78, 5) is 28.1. The van der Waals surface area contributed by atoms with Gasteiger partial charge in [-0.25, -0.2) is 4.98 Å². The lowest BCUT2D eigenvalue weighted by Gasteiger charge is -2.11. The predicted octanol–water partition coefficient (Wildman–Crippen LogP) is 5.08. The zero-order chi connectivity index (χ0) is 21.7. The highest BCUT2D eigenvalue weighted by molar-refractivity contribution is 7.99. The van der Waals surface area contributed by atoms with Crippen LogP contribution in [0.15, 0.2) is 53.8 Å². The van der Waals surface area contributed by atoms with Crippen LogP contribution in [0.5, 0.6) is 5.75 Å². The number of aromatic nitrogens is 2. The average molecular weight is 465 g/mol. The fraction of sp³-hybridized carbons (Fsp3) is 0.190. The SMILES string of the molecule is COC(=O)CC(=O)CSc1nc(-c2ccc(Cl)cc2Cl)cn1-c1ccccc1OC. The Morgan fingerprint density at radius 1 is 1.13 bits per heavy atom. The summed E-state index contributed by atoms with van der Waals surface area (Å²) in [5.74, 6) is -0.115. The van der Waals surface area contributed by atoms with E-state index < -0.39 is 5.97 Å². The molecule has 156 valence electrons. The zero-order valence-corrected chi connectivity index (χ0v) is 18.6. The van der Waals surface area contributed by atoms with Crippen molar-refractivity contribution >= 4 is 46.7 Å². The van der Waals surface area contributed by atoms with Crippen LogP contribution in [-0.2, 0) is 14.3 Å². The van der Waals surface area contributed by atoms with Gasteiger partial charge in [-0.2, -0.15) is 0 Å². The van der Waals surface area contributed by atoms with Crippen molar-refractivity contribution in [2.75, 3.05) is 20.0 Å². The molecule has 9 heteroatoms. The number of esters is 1. The second-order valence-electron chi connectivity index (χ2n) is 6.15. The third kappa shape index (κ3) is 5.16. The topological polar surface area (TPSA) is 70.4 Å². The minimum absolute atomic E-state index is 0.0645. The van der Waals surface area contributed by atoms with Gasteiger partial charge in [-0.1, -0.05) is 47.1 Å². The van der Waals surface area contributed by atoms with E-state index in [2.05, 4.69) is 9.72 Å². The first-order valence-electron chi connectivity index (χ1n) is 8.82. The molecule has 3 rings (SSSR count). The first-order chi connectivity index (χ1) is 14.4. The molecule has 0 aliphatic rings. The molecular weight excluding hydrogens is 447 g/mol. The molecule has 0 bridgehead atoms. The summed E-state index contributed by atoms with van der Waals surface area (Å²) in [7, 11) is 2.83. The van der Waals surface area contributed by atoms with Crippen molar-refractivity contribution in [1.82, 2.24) is 9.55 Å². The fourth-order valence-corrected chi connectivity index (χ4v) is 4.07. The van der Waals surface area contributed by atoms with Gasteiger partial charge in [0.2, 0.25) is 0 Å². The number of thioether (sulfide) groups is 1. The van der Waals surface area contributed by atoms with Crippen molar-refractivity contribution in [3.8, 4) is 22.7 Å². The highest BCUT2D eigenvalue weighted by Crippen LogP contribution is 2.34. The van der Waals surface area contributed by atoms with Crippen LogP contribution in [0, 0.1) is 0 Å². The van der Waals surface area contributed by atoms with Crippen LogP contribution >= 0.6 is 35.0 Å². The Morgan fingerprint density at radius 3 is 2.60 bits per heavy atom. The maximum Gasteiger partial charge on any atom is 0.313 e. The van der Waals surface area contributed by atoms with Gasteiger partial charge in [-0.15, -0.1) is 0 Å². The summed E-state index contributed by atoms with van der Waals surface area (Å²) < 4.78 is 11.9. The highest BCUT2D eigenvalue weighted by atomic mass is 35.5. The number of hydrogen-bond donors (Lipinski definition) is 0. The Morgan fingerprint density at radius 2 is 1.90 bits per heavy atom. The van der Waals surface area contributed by atoms with Gasteiger partial charge in [-0.05, 0) is 30.3 Å². The van der Waals surface area contributed by atoms with Crippen LogP contribution in [0.1, 0.15) is 6.42 Å². The van der Waals surface area contributed by atoms with Crippen LogP contribution < -0.4 is 4.74 Å². The predicted molar refractivity (Wildman–Crippen MR) is 118 cm³/mol. The molecule has 0 fully saturated rings. The number of rotatable bonds is 8. The second-order valence-corrected chi connectivity index (χ2v) is 7.94. The molecule has 1 aromatic heterocycles. The van der Waals surface area contributed by atoms with Gasteiger partial charge in [0, 0.05) is 16.8 Å². The molecule has 2 aromatic carbocycles. The zero-order valence-electron chi connectivity index (χ0n) is 16.2. The summed E-state index contributed by atoms with van der Waals surface area (Å²) in [6.45, 7) is 0. The van der Waals surface area contributed by atoms with E-state index in [9.17, 15) is 9.59 Å². The molecule has 0 N–H and O–H groups in total. The number of imidazole rings is 1. The molecule has 0 saturated heterocycles. The van der Waals surface area contributed by atoms with Gasteiger partial charge >= 0.3 is 5.97 Å². The molecule has 6 nitrogen and oxygen atoms in total. The van der Waals surface area contributed by atoms with E-state index in [4.69, 9.17) is 27.9 Å². The molecule has 1 heterocycles. The Labute approximate surface area is 188 Å². The second kappa shape index (κ2) is 10.0. The molecule has 0 aliphatic carbocycles. The number of carbonyl (C=O) groups is 2. The maximum atomic E-state index is 12.1. The van der Waals surface area contributed by atoms with Crippen LogP contribution in [-0.4, -0.2) is 41.3 Å². The van der Waals surface area contributed by atoms with Crippen LogP contribution in [0.25, 0.3) is 16.9 Å². The molecule has 0 saturated carbocycles. The van der Waals surface area contributed by atoms with Crippen LogP contribution in [0.3, 0.4) is 0 Å². The lowest BCUT2D eigenvalue weighted by molar-refractivity contribution is -0.142. The van der Waals surface area contributed by atoms with E-state index in [-0.39, 0.29) is 18.0 Å². The number of methoxy groups -OCH3 is 2. The number of benzene rings is 2. The Balaban J connectivity index is 1.99. The largest absolute Gasteiger partial charge is 0.495 e. The van der Waals surface area contributed by atoms with E-state index in [0.29, 0.717) is 32.2 Å². The third-order valence-electron chi connectivity index (χ3n) is 4.16. The molecule has 0 unspecified atom stereocenters. The number of halogens is 2. The Bertz CT molecular complexity index is 1080. The third-order valence-corrected chi connectivity index (χ3v) is 5.72. The van der Waals surface area contributed by atoms with Gasteiger partial charge in [0.05, 0.1) is 36.4 Å². The summed E-state index contributed by atoms with van der Waals surface area (Å²) in [6.07, 6.45) is 1.54. The molecule has 30 heavy (non-hydrogen) atoms. The quantitative estimate of drug-likeness (QED) is 0.263. The molecule has 0 radical (unpaired) electrons. The van der Waals surface area contributed by atoms with E-state index in [1.54, 1.807) is 25.3 Å². The summed E-state index contributed by atoms with van der Waals surface area (Å²) in [6, 6.07) is 12.6. The molecule has 0 atom stereocenters. The molecule has 0 amide bonds. The number of para-hydroxylation sites is 2. The Kier molecular flexibility index (Phi) is 7.42. The minimum Gasteiger partial charge on any atom is -0.495 e. The van der Waals surface area contributed by atoms with Crippen molar-refractivity contribution < 1.29 is 19.1 Å². The van der Waals surface area contributed by atoms with Gasteiger partial charge in [0.25, 0.3) is 0 Å². The standard InChI is InChI=1S/C21H18Cl2N2O4S/c1-28-19-6-4-3-5-18(19)25-11-17(15-8-7-13(22)9-16(15)23)24-21(25)30-12-14(26)10-20(27)29-2/h3-9,11H,10,12H2,1-2H3. The number of nitrogens with zero attached hydrogens (tertiary/aromatic N) is 2. The van der Waals surface area contributed by atoms with Gasteiger partial charge in [-0.3, -0.25) is 14.2 Å². The van der Waals surface area contributed by atoms with E-state index in [1.165, 1.54) is 18.9 Å². The molecule has 3 aromatic rings. The molecular formula is C21H18Cl2N2O4S. The maximum absolute atomic E-state index is 12.1. The van der Waals surface area contributed by atoms with E-state index in [0.717, 1.165) is 5.69 Å². The normalized spacial score (nSPS) is 10.7. The van der Waals surface area contributed by atoms with Crippen molar-refractivity contribution in [2.24, 2.45) is 0 Å². The average Bonchev–Trinajstić information content (AvgIpc) is 3.15. The number of ketones is 1. The van der Waals surface area contributed by atoms with Crippen LogP contribution in [0.4, 0.5) is 0 Å². The first kappa shape index (κ1) is 22.2. The van der Waals surface area contributed by atoms with Crippen molar-refractivity contribution in [3.05, 3.63) is 58.7 Å². The van der Waals surface area contributed by atoms with Crippen LogP contribution in [0.2, 0.25) is 10.0 Å². The van der Waals surface area contributed by atoms with Gasteiger partial charge in [0.1, 0.15) is 12.2 Å². The Hall–Kier alpha value is -2.48.